The first-order chi connectivity index (χ1) is 4.81. The van der Waals surface area contributed by atoms with Gasteiger partial charge in [0.2, 0.25) is 0 Å². The summed E-state index contributed by atoms with van der Waals surface area (Å²) in [5.41, 5.74) is 0. The van der Waals surface area contributed by atoms with Crippen LogP contribution in [0.15, 0.2) is 0 Å². The molecule has 0 aliphatic rings. The fraction of sp³-hybridized carbons (Fsp3) is 0.833. The van der Waals surface area contributed by atoms with Crippen molar-refractivity contribution in [1.29, 1.82) is 0 Å². The number of rotatable bonds is 5. The summed E-state index contributed by atoms with van der Waals surface area (Å²) in [5.74, 6) is 0. The second-order valence-electron chi connectivity index (χ2n) is 1.87. The van der Waals surface area contributed by atoms with Crippen molar-refractivity contribution in [1.82, 2.24) is 0 Å². The standard InChI is InChI=1S/C6H11IO3/c1-2-3-4-5-10-6(8)7-9/h2-5H2,1H3. The zero-order valence-corrected chi connectivity index (χ0v) is 8.09. The Labute approximate surface area is 70.8 Å². The lowest BCUT2D eigenvalue weighted by Crippen LogP contribution is -1.95. The van der Waals surface area contributed by atoms with Crippen molar-refractivity contribution >= 4 is 25.2 Å². The Morgan fingerprint density at radius 1 is 1.50 bits per heavy atom. The molecule has 0 atom stereocenters. The van der Waals surface area contributed by atoms with E-state index in [1.54, 1.807) is 0 Å². The van der Waals surface area contributed by atoms with E-state index in [-0.39, 0.29) is 0 Å². The minimum absolute atomic E-state index is 0.425. The van der Waals surface area contributed by atoms with Crippen LogP contribution in [-0.2, 0) is 7.81 Å². The number of halogens is 1. The van der Waals surface area contributed by atoms with Gasteiger partial charge in [0, 0.05) is 0 Å². The third-order valence-corrected chi connectivity index (χ3v) is 1.70. The van der Waals surface area contributed by atoms with Crippen molar-refractivity contribution in [3.8, 4) is 0 Å². The van der Waals surface area contributed by atoms with Crippen LogP contribution in [0.5, 0.6) is 0 Å². The summed E-state index contributed by atoms with van der Waals surface area (Å²) in [7, 11) is 0. The minimum Gasteiger partial charge on any atom is -0.456 e. The van der Waals surface area contributed by atoms with Gasteiger partial charge in [0.25, 0.3) is 21.2 Å². The monoisotopic (exact) mass is 258 g/mol. The van der Waals surface area contributed by atoms with E-state index in [1.807, 2.05) is 0 Å². The molecule has 0 aromatic heterocycles. The predicted octanol–water partition coefficient (Wildman–Crippen LogP) is 2.63. The number of carbonyl (C=O) groups is 1. The van der Waals surface area contributed by atoms with Gasteiger partial charge < -0.3 is 4.74 Å². The molecule has 0 radical (unpaired) electrons. The molecule has 0 amide bonds. The summed E-state index contributed by atoms with van der Waals surface area (Å²) in [4.78, 5) is 10.3. The largest absolute Gasteiger partial charge is 0.456 e. The molecule has 0 heterocycles. The van der Waals surface area contributed by atoms with Crippen LogP contribution in [0.25, 0.3) is 0 Å². The predicted molar refractivity (Wildman–Crippen MR) is 45.6 cm³/mol. The maximum atomic E-state index is 10.3. The highest BCUT2D eigenvalue weighted by Gasteiger charge is 1.98. The first-order valence-corrected chi connectivity index (χ1v) is 5.21. The molecule has 10 heavy (non-hydrogen) atoms. The van der Waals surface area contributed by atoms with Gasteiger partial charge in [0.15, 0.2) is 0 Å². The zero-order valence-electron chi connectivity index (χ0n) is 5.93. The summed E-state index contributed by atoms with van der Waals surface area (Å²) in [6.07, 6.45) is 3.04. The van der Waals surface area contributed by atoms with Crippen molar-refractivity contribution < 1.29 is 12.6 Å². The zero-order chi connectivity index (χ0) is 7.82. The second-order valence-corrected chi connectivity index (χ2v) is 3.19. The second kappa shape index (κ2) is 7.11. The molecule has 3 nitrogen and oxygen atoms in total. The smallest absolute Gasteiger partial charge is 0.402 e. The third kappa shape index (κ3) is 6.12. The first-order valence-electron chi connectivity index (χ1n) is 3.25. The van der Waals surface area contributed by atoms with Crippen LogP contribution in [0, 0.1) is 0 Å². The Morgan fingerprint density at radius 2 is 2.20 bits per heavy atom. The molecule has 4 heteroatoms. The average molecular weight is 258 g/mol. The summed E-state index contributed by atoms with van der Waals surface area (Å²) >= 11 is -1.59. The molecular formula is C6H11IO3. The van der Waals surface area contributed by atoms with E-state index in [9.17, 15) is 7.86 Å². The number of ether oxygens (including phenoxy) is 1. The summed E-state index contributed by atoms with van der Waals surface area (Å²) in [5, 5.41) is 0. The van der Waals surface area contributed by atoms with E-state index >= 15 is 0 Å². The molecule has 0 N–H and O–H groups in total. The van der Waals surface area contributed by atoms with E-state index in [4.69, 9.17) is 0 Å². The summed E-state index contributed by atoms with van der Waals surface area (Å²) in [6, 6.07) is 0. The summed E-state index contributed by atoms with van der Waals surface area (Å²) in [6.45, 7) is 2.50. The van der Waals surface area contributed by atoms with E-state index < -0.39 is 25.2 Å². The Bertz CT molecular complexity index is 114. The van der Waals surface area contributed by atoms with E-state index in [0.29, 0.717) is 6.61 Å². The number of carbonyl (C=O) groups excluding carboxylic acids is 1. The van der Waals surface area contributed by atoms with Gasteiger partial charge in [-0.15, -0.1) is 0 Å². The molecule has 0 unspecified atom stereocenters. The summed E-state index contributed by atoms with van der Waals surface area (Å²) < 4.78 is 14.0. The highest BCUT2D eigenvalue weighted by atomic mass is 127. The van der Waals surface area contributed by atoms with E-state index in [2.05, 4.69) is 11.7 Å². The molecule has 0 rings (SSSR count). The van der Waals surface area contributed by atoms with Crippen LogP contribution in [0.1, 0.15) is 26.2 Å². The SMILES string of the molecule is CCCCCOC(=O)I=O. The molecule has 0 aliphatic carbocycles. The number of unbranched alkanes of at least 4 members (excludes halogenated alkanes) is 2. The molecule has 0 aromatic carbocycles. The van der Waals surface area contributed by atoms with Gasteiger partial charge in [-0.1, -0.05) is 19.8 Å². The molecule has 60 valence electrons. The van der Waals surface area contributed by atoms with Crippen LogP contribution in [0.3, 0.4) is 0 Å². The Hall–Kier alpha value is -0.0000000000000000555. The van der Waals surface area contributed by atoms with Crippen molar-refractivity contribution in [2.75, 3.05) is 6.61 Å². The van der Waals surface area contributed by atoms with Gasteiger partial charge >= 0.3 is 3.98 Å². The van der Waals surface area contributed by atoms with Crippen LogP contribution < -0.4 is 0 Å². The molecule has 0 spiro atoms. The normalized spacial score (nSPS) is 9.30. The van der Waals surface area contributed by atoms with Crippen molar-refractivity contribution in [3.63, 3.8) is 0 Å². The van der Waals surface area contributed by atoms with Crippen molar-refractivity contribution in [3.05, 3.63) is 0 Å². The van der Waals surface area contributed by atoms with Gasteiger partial charge in [-0.3, -0.25) is 3.07 Å². The molecule has 0 saturated heterocycles. The lowest BCUT2D eigenvalue weighted by molar-refractivity contribution is 0.176. The highest BCUT2D eigenvalue weighted by Crippen LogP contribution is 2.01. The van der Waals surface area contributed by atoms with Crippen LogP contribution in [-0.4, -0.2) is 10.6 Å². The van der Waals surface area contributed by atoms with Gasteiger partial charge in [-0.25, -0.2) is 4.79 Å². The highest BCUT2D eigenvalue weighted by molar-refractivity contribution is 14.2. The van der Waals surface area contributed by atoms with Crippen molar-refractivity contribution in [2.24, 2.45) is 0 Å². The fourth-order valence-electron chi connectivity index (χ4n) is 0.527. The molecule has 0 fully saturated rings. The van der Waals surface area contributed by atoms with Gasteiger partial charge in [0.05, 0.1) is 6.61 Å². The van der Waals surface area contributed by atoms with Gasteiger partial charge in [-0.2, -0.15) is 0 Å². The Balaban J connectivity index is 3.03. The van der Waals surface area contributed by atoms with Crippen LogP contribution in [0.4, 0.5) is 4.79 Å². The quantitative estimate of drug-likeness (QED) is 0.432. The van der Waals surface area contributed by atoms with Crippen molar-refractivity contribution in [2.45, 2.75) is 26.2 Å². The average Bonchev–Trinajstić information content (AvgIpc) is 1.98. The van der Waals surface area contributed by atoms with E-state index in [1.165, 1.54) is 0 Å². The van der Waals surface area contributed by atoms with E-state index in [0.717, 1.165) is 19.3 Å². The lowest BCUT2D eigenvalue weighted by atomic mass is 10.3. The van der Waals surface area contributed by atoms with Gasteiger partial charge in [-0.05, 0) is 6.42 Å². The number of hydrogen-bond acceptors (Lipinski definition) is 3. The Kier molecular flexibility index (Phi) is 7.11. The molecular weight excluding hydrogens is 247 g/mol. The first kappa shape index (κ1) is 10.0. The molecule has 0 saturated carbocycles. The number of hydrogen-bond donors (Lipinski definition) is 0. The van der Waals surface area contributed by atoms with Gasteiger partial charge in [0.1, 0.15) is 0 Å². The third-order valence-electron chi connectivity index (χ3n) is 1.03. The van der Waals surface area contributed by atoms with Crippen LogP contribution >= 0.6 is 21.2 Å². The minimum atomic E-state index is -1.59. The fourth-order valence-corrected chi connectivity index (χ4v) is 0.874. The molecule has 0 aliphatic heterocycles. The maximum absolute atomic E-state index is 10.3. The van der Waals surface area contributed by atoms with Crippen LogP contribution in [0.2, 0.25) is 0 Å². The maximum Gasteiger partial charge on any atom is 0.402 e. The topological polar surface area (TPSA) is 43.4 Å². The molecule has 0 bridgehead atoms. The molecule has 0 aromatic rings. The lowest BCUT2D eigenvalue weighted by Gasteiger charge is -1.96. The Morgan fingerprint density at radius 3 is 2.70 bits per heavy atom.